The lowest BCUT2D eigenvalue weighted by molar-refractivity contribution is 0.293. The van der Waals surface area contributed by atoms with E-state index in [2.05, 4.69) is 35.1 Å². The van der Waals surface area contributed by atoms with E-state index in [4.69, 9.17) is 5.73 Å². The number of halogens is 2. The molecule has 2 atom stereocenters. The minimum Gasteiger partial charge on any atom is -0.330 e. The fraction of sp³-hybridized carbons (Fsp3) is 0.538. The molecule has 0 aliphatic heterocycles. The van der Waals surface area contributed by atoms with Crippen molar-refractivity contribution in [2.24, 2.45) is 17.6 Å². The molecule has 1 aromatic carbocycles. The Kier molecular flexibility index (Phi) is 5.56. The number of hydrogen-bond acceptors (Lipinski definition) is 2. The van der Waals surface area contributed by atoms with Crippen molar-refractivity contribution < 1.29 is 4.39 Å². The summed E-state index contributed by atoms with van der Waals surface area (Å²) in [7, 11) is 1.84. The van der Waals surface area contributed by atoms with Crippen molar-refractivity contribution in [1.29, 1.82) is 0 Å². The van der Waals surface area contributed by atoms with Crippen molar-refractivity contribution in [2.45, 2.75) is 19.9 Å². The van der Waals surface area contributed by atoms with Crippen LogP contribution in [-0.4, -0.2) is 13.6 Å². The highest BCUT2D eigenvalue weighted by Crippen LogP contribution is 2.30. The van der Waals surface area contributed by atoms with Crippen LogP contribution >= 0.6 is 15.9 Å². The minimum atomic E-state index is -0.188. The van der Waals surface area contributed by atoms with Gasteiger partial charge in [0.15, 0.2) is 0 Å². The zero-order valence-corrected chi connectivity index (χ0v) is 12.1. The third-order valence-electron chi connectivity index (χ3n) is 3.16. The SMILES string of the molecule is CNC(c1cc(Br)ccc1F)C(CN)C(C)C. The van der Waals surface area contributed by atoms with Gasteiger partial charge in [0.05, 0.1) is 0 Å². The molecule has 1 aromatic rings. The summed E-state index contributed by atoms with van der Waals surface area (Å²) in [5, 5.41) is 3.18. The van der Waals surface area contributed by atoms with E-state index in [1.54, 1.807) is 6.07 Å². The molecule has 0 aliphatic rings. The molecule has 0 saturated heterocycles. The van der Waals surface area contributed by atoms with Crippen LogP contribution in [-0.2, 0) is 0 Å². The average molecular weight is 303 g/mol. The molecule has 0 aromatic heterocycles. The highest BCUT2D eigenvalue weighted by molar-refractivity contribution is 9.10. The standard InChI is InChI=1S/C13H20BrFN2/c1-8(2)11(7-16)13(17-3)10-6-9(14)4-5-12(10)15/h4-6,8,11,13,17H,7,16H2,1-3H3. The van der Waals surface area contributed by atoms with Gasteiger partial charge in [-0.1, -0.05) is 29.8 Å². The Hall–Kier alpha value is -0.450. The summed E-state index contributed by atoms with van der Waals surface area (Å²) in [4.78, 5) is 0. The lowest BCUT2D eigenvalue weighted by Gasteiger charge is -2.29. The summed E-state index contributed by atoms with van der Waals surface area (Å²) in [5.41, 5.74) is 6.47. The molecule has 2 unspecified atom stereocenters. The van der Waals surface area contributed by atoms with Crippen molar-refractivity contribution >= 4 is 15.9 Å². The Morgan fingerprint density at radius 1 is 1.41 bits per heavy atom. The predicted molar refractivity (Wildman–Crippen MR) is 73.3 cm³/mol. The number of benzene rings is 1. The Morgan fingerprint density at radius 2 is 2.06 bits per heavy atom. The molecule has 4 heteroatoms. The lowest BCUT2D eigenvalue weighted by atomic mass is 9.84. The van der Waals surface area contributed by atoms with Crippen LogP contribution in [0.5, 0.6) is 0 Å². The van der Waals surface area contributed by atoms with E-state index < -0.39 is 0 Å². The number of nitrogens with two attached hydrogens (primary N) is 1. The zero-order valence-electron chi connectivity index (χ0n) is 10.5. The number of rotatable bonds is 5. The van der Waals surface area contributed by atoms with Crippen molar-refractivity contribution in [3.05, 3.63) is 34.1 Å². The van der Waals surface area contributed by atoms with Crippen molar-refractivity contribution in [3.8, 4) is 0 Å². The topological polar surface area (TPSA) is 38.0 Å². The maximum Gasteiger partial charge on any atom is 0.128 e. The van der Waals surface area contributed by atoms with Gasteiger partial charge in [-0.25, -0.2) is 4.39 Å². The van der Waals surface area contributed by atoms with E-state index in [-0.39, 0.29) is 17.8 Å². The molecule has 0 saturated carbocycles. The Balaban J connectivity index is 3.11. The molecule has 0 fully saturated rings. The maximum absolute atomic E-state index is 13.9. The summed E-state index contributed by atoms with van der Waals surface area (Å²) in [6.45, 7) is 4.75. The van der Waals surface area contributed by atoms with Crippen LogP contribution < -0.4 is 11.1 Å². The van der Waals surface area contributed by atoms with Crippen LogP contribution in [0.3, 0.4) is 0 Å². The first-order chi connectivity index (χ1) is 8.01. The fourth-order valence-corrected chi connectivity index (χ4v) is 2.53. The molecule has 0 spiro atoms. The highest BCUT2D eigenvalue weighted by Gasteiger charge is 2.25. The second-order valence-corrected chi connectivity index (χ2v) is 5.49. The normalized spacial score (nSPS) is 15.0. The van der Waals surface area contributed by atoms with Gasteiger partial charge < -0.3 is 11.1 Å². The van der Waals surface area contributed by atoms with E-state index in [0.29, 0.717) is 18.0 Å². The maximum atomic E-state index is 13.9. The molecule has 0 bridgehead atoms. The third kappa shape index (κ3) is 3.50. The summed E-state index contributed by atoms with van der Waals surface area (Å²) < 4.78 is 14.7. The quantitative estimate of drug-likeness (QED) is 0.877. The first kappa shape index (κ1) is 14.6. The van der Waals surface area contributed by atoms with Crippen molar-refractivity contribution in [2.75, 3.05) is 13.6 Å². The third-order valence-corrected chi connectivity index (χ3v) is 3.65. The lowest BCUT2D eigenvalue weighted by Crippen LogP contribution is -2.34. The number of hydrogen-bond donors (Lipinski definition) is 2. The smallest absolute Gasteiger partial charge is 0.128 e. The molecule has 3 N–H and O–H groups in total. The van der Waals surface area contributed by atoms with Crippen LogP contribution in [0, 0.1) is 17.7 Å². The molecule has 1 rings (SSSR count). The second kappa shape index (κ2) is 6.47. The van der Waals surface area contributed by atoms with Gasteiger partial charge in [0, 0.05) is 16.1 Å². The van der Waals surface area contributed by atoms with Gasteiger partial charge in [-0.3, -0.25) is 0 Å². The molecule has 0 aliphatic carbocycles. The van der Waals surface area contributed by atoms with Crippen molar-refractivity contribution in [3.63, 3.8) is 0 Å². The van der Waals surface area contributed by atoms with Crippen LogP contribution in [0.15, 0.2) is 22.7 Å². The van der Waals surface area contributed by atoms with Crippen LogP contribution in [0.1, 0.15) is 25.5 Å². The summed E-state index contributed by atoms with van der Waals surface area (Å²) in [6, 6.07) is 4.95. The Morgan fingerprint density at radius 3 is 2.53 bits per heavy atom. The predicted octanol–water partition coefficient (Wildman–Crippen LogP) is 3.08. The molecule has 96 valence electrons. The fourth-order valence-electron chi connectivity index (χ4n) is 2.15. The molecular formula is C13H20BrFN2. The second-order valence-electron chi connectivity index (χ2n) is 4.58. The molecule has 0 radical (unpaired) electrons. The first-order valence-corrected chi connectivity index (χ1v) is 6.62. The number of nitrogens with one attached hydrogen (secondary N) is 1. The van der Waals surface area contributed by atoms with Crippen LogP contribution in [0.2, 0.25) is 0 Å². The minimum absolute atomic E-state index is 0.0579. The van der Waals surface area contributed by atoms with E-state index in [1.807, 2.05) is 13.1 Å². The van der Waals surface area contributed by atoms with Gasteiger partial charge in [-0.05, 0) is 43.6 Å². The zero-order chi connectivity index (χ0) is 13.0. The largest absolute Gasteiger partial charge is 0.330 e. The first-order valence-electron chi connectivity index (χ1n) is 5.83. The van der Waals surface area contributed by atoms with E-state index in [9.17, 15) is 4.39 Å². The van der Waals surface area contributed by atoms with Gasteiger partial charge in [-0.2, -0.15) is 0 Å². The van der Waals surface area contributed by atoms with Crippen molar-refractivity contribution in [1.82, 2.24) is 5.32 Å². The molecule has 2 nitrogen and oxygen atoms in total. The summed E-state index contributed by atoms with van der Waals surface area (Å²) in [6.07, 6.45) is 0. The van der Waals surface area contributed by atoms with Gasteiger partial charge in [0.25, 0.3) is 0 Å². The van der Waals surface area contributed by atoms with E-state index in [1.165, 1.54) is 6.07 Å². The average Bonchev–Trinajstić information content (AvgIpc) is 2.28. The molecule has 0 heterocycles. The van der Waals surface area contributed by atoms with Gasteiger partial charge in [0.2, 0.25) is 0 Å². The van der Waals surface area contributed by atoms with E-state index >= 15 is 0 Å². The van der Waals surface area contributed by atoms with Gasteiger partial charge in [0.1, 0.15) is 5.82 Å². The summed E-state index contributed by atoms with van der Waals surface area (Å²) >= 11 is 3.38. The molecule has 0 amide bonds. The monoisotopic (exact) mass is 302 g/mol. The molecule has 17 heavy (non-hydrogen) atoms. The Labute approximate surface area is 111 Å². The van der Waals surface area contributed by atoms with Gasteiger partial charge >= 0.3 is 0 Å². The summed E-state index contributed by atoms with van der Waals surface area (Å²) in [5.74, 6) is 0.422. The van der Waals surface area contributed by atoms with Crippen LogP contribution in [0.25, 0.3) is 0 Å². The highest BCUT2D eigenvalue weighted by atomic mass is 79.9. The molecular weight excluding hydrogens is 283 g/mol. The van der Waals surface area contributed by atoms with Gasteiger partial charge in [-0.15, -0.1) is 0 Å². The van der Waals surface area contributed by atoms with Crippen LogP contribution in [0.4, 0.5) is 4.39 Å². The van der Waals surface area contributed by atoms with E-state index in [0.717, 1.165) is 4.47 Å². The Bertz CT molecular complexity index is 368.